The Hall–Kier alpha value is -3.07. The molecule has 0 spiro atoms. The predicted octanol–water partition coefficient (Wildman–Crippen LogP) is 2.71. The Kier molecular flexibility index (Phi) is 6.41. The topological polar surface area (TPSA) is 104 Å². The average Bonchev–Trinajstić information content (AvgIpc) is 3.06. The second-order valence-corrected chi connectivity index (χ2v) is 9.26. The molecule has 0 bridgehead atoms. The predicted molar refractivity (Wildman–Crippen MR) is 118 cm³/mol. The van der Waals surface area contributed by atoms with Crippen LogP contribution in [-0.4, -0.2) is 49.0 Å². The lowest BCUT2D eigenvalue weighted by molar-refractivity contribution is -0.122. The monoisotopic (exact) mass is 439 g/mol. The minimum atomic E-state index is -3.78. The summed E-state index contributed by atoms with van der Waals surface area (Å²) in [5, 5.41) is 9.04. The number of rotatable bonds is 6. The van der Waals surface area contributed by atoms with Gasteiger partial charge < -0.3 is 5.32 Å². The highest BCUT2D eigenvalue weighted by molar-refractivity contribution is 7.90. The molecule has 1 amide bonds. The molecule has 1 saturated carbocycles. The summed E-state index contributed by atoms with van der Waals surface area (Å²) in [6.45, 7) is 0.211. The summed E-state index contributed by atoms with van der Waals surface area (Å²) in [6, 6.07) is 10.5. The quantitative estimate of drug-likeness (QED) is 0.550. The van der Waals surface area contributed by atoms with E-state index < -0.39 is 10.0 Å². The van der Waals surface area contributed by atoms with E-state index in [-0.39, 0.29) is 35.6 Å². The van der Waals surface area contributed by atoms with E-state index in [1.165, 1.54) is 17.5 Å². The molecule has 0 radical (unpaired) electrons. The average molecular weight is 440 g/mol. The Labute approximate surface area is 182 Å². The first-order valence-electron chi connectivity index (χ1n) is 10.5. The molecule has 31 heavy (non-hydrogen) atoms. The number of amidine groups is 1. The van der Waals surface area contributed by atoms with Crippen LogP contribution in [0.25, 0.3) is 0 Å². The number of aromatic nitrogens is 1. The summed E-state index contributed by atoms with van der Waals surface area (Å²) in [5.74, 6) is 0.164. The highest BCUT2D eigenvalue weighted by Gasteiger charge is 2.32. The van der Waals surface area contributed by atoms with Gasteiger partial charge in [0.15, 0.2) is 5.84 Å². The number of amides is 1. The number of hydrazone groups is 1. The molecule has 0 atom stereocenters. The van der Waals surface area contributed by atoms with Crippen molar-refractivity contribution in [2.75, 3.05) is 6.54 Å². The van der Waals surface area contributed by atoms with Gasteiger partial charge in [0.2, 0.25) is 5.91 Å². The van der Waals surface area contributed by atoms with Gasteiger partial charge in [-0.05, 0) is 42.7 Å². The van der Waals surface area contributed by atoms with Crippen molar-refractivity contribution in [3.63, 3.8) is 0 Å². The number of fused-ring (bicyclic) bond motifs is 1. The van der Waals surface area contributed by atoms with Crippen molar-refractivity contribution < 1.29 is 13.2 Å². The maximum atomic E-state index is 12.5. The highest BCUT2D eigenvalue weighted by atomic mass is 32.2. The van der Waals surface area contributed by atoms with Gasteiger partial charge >= 0.3 is 0 Å². The van der Waals surface area contributed by atoms with Crippen molar-refractivity contribution in [1.82, 2.24) is 15.3 Å². The second-order valence-electron chi connectivity index (χ2n) is 7.69. The van der Waals surface area contributed by atoms with E-state index in [1.807, 2.05) is 0 Å². The van der Waals surface area contributed by atoms with Crippen LogP contribution in [0.5, 0.6) is 0 Å². The van der Waals surface area contributed by atoms with E-state index in [1.54, 1.807) is 48.9 Å². The van der Waals surface area contributed by atoms with Gasteiger partial charge in [0, 0.05) is 30.4 Å². The zero-order valence-corrected chi connectivity index (χ0v) is 18.0. The van der Waals surface area contributed by atoms with Gasteiger partial charge in [0.05, 0.1) is 12.8 Å². The molecule has 4 rings (SSSR count). The molecule has 162 valence electrons. The molecule has 1 N–H and O–H groups in total. The first kappa shape index (κ1) is 21.2. The molecule has 0 unspecified atom stereocenters. The summed E-state index contributed by atoms with van der Waals surface area (Å²) in [4.78, 5) is 16.7. The maximum absolute atomic E-state index is 12.5. The Balaban J connectivity index is 1.54. The summed E-state index contributed by atoms with van der Waals surface area (Å²) < 4.78 is 28.9. The third-order valence-corrected chi connectivity index (χ3v) is 6.76. The number of nitrogens with one attached hydrogen (secondary N) is 1. The molecule has 1 aromatic heterocycles. The molecule has 1 aromatic carbocycles. The third-order valence-electron chi connectivity index (χ3n) is 5.43. The number of pyridine rings is 1. The van der Waals surface area contributed by atoms with Crippen LogP contribution < -0.4 is 5.32 Å². The Bertz CT molecular complexity index is 1090. The van der Waals surface area contributed by atoms with Gasteiger partial charge in [-0.15, -0.1) is 4.40 Å². The van der Waals surface area contributed by atoms with E-state index in [4.69, 9.17) is 0 Å². The molecular formula is C22H25N5O3S. The van der Waals surface area contributed by atoms with Crippen LogP contribution in [0.15, 0.2) is 63.2 Å². The van der Waals surface area contributed by atoms with E-state index in [0.29, 0.717) is 5.56 Å². The van der Waals surface area contributed by atoms with Crippen LogP contribution in [0.1, 0.15) is 49.7 Å². The first-order valence-corrected chi connectivity index (χ1v) is 11.9. The number of carbonyl (C=O) groups excluding carboxylic acids is 1. The van der Waals surface area contributed by atoms with Crippen LogP contribution >= 0.6 is 0 Å². The zero-order chi connectivity index (χ0) is 21.7. The fraction of sp³-hybridized carbons (Fsp3) is 0.364. The van der Waals surface area contributed by atoms with Gasteiger partial charge in [-0.3, -0.25) is 9.78 Å². The molecule has 8 nitrogen and oxygen atoms in total. The fourth-order valence-corrected chi connectivity index (χ4v) is 5.04. The first-order chi connectivity index (χ1) is 15.0. The largest absolute Gasteiger partial charge is 0.353 e. The van der Waals surface area contributed by atoms with Gasteiger partial charge in [0.1, 0.15) is 4.90 Å². The van der Waals surface area contributed by atoms with Crippen molar-refractivity contribution in [3.05, 3.63) is 59.9 Å². The number of sulfonamides is 1. The normalized spacial score (nSPS) is 17.9. The molecule has 9 heteroatoms. The number of nitrogens with zero attached hydrogens (tertiary/aromatic N) is 4. The number of hydrogen-bond donors (Lipinski definition) is 1. The molecule has 2 aromatic rings. The van der Waals surface area contributed by atoms with Crippen LogP contribution in [-0.2, 0) is 14.8 Å². The minimum absolute atomic E-state index is 0.0641. The number of hydrogen-bond acceptors (Lipinski definition) is 6. The Morgan fingerprint density at radius 2 is 1.87 bits per heavy atom. The van der Waals surface area contributed by atoms with Crippen LogP contribution in [0.4, 0.5) is 0 Å². The zero-order valence-electron chi connectivity index (χ0n) is 17.1. The van der Waals surface area contributed by atoms with E-state index in [2.05, 4.69) is 19.8 Å². The lowest BCUT2D eigenvalue weighted by Crippen LogP contribution is -2.38. The van der Waals surface area contributed by atoms with Crippen molar-refractivity contribution in [2.45, 2.75) is 49.5 Å². The van der Waals surface area contributed by atoms with Crippen molar-refractivity contribution in [1.29, 1.82) is 0 Å². The summed E-state index contributed by atoms with van der Waals surface area (Å²) in [5.41, 5.74) is 1.29. The summed E-state index contributed by atoms with van der Waals surface area (Å²) in [7, 11) is -3.78. The lowest BCUT2D eigenvalue weighted by Gasteiger charge is -2.24. The molecular weight excluding hydrogens is 414 g/mol. The second kappa shape index (κ2) is 9.38. The van der Waals surface area contributed by atoms with Gasteiger partial charge in [-0.2, -0.15) is 13.5 Å². The van der Waals surface area contributed by atoms with E-state index in [9.17, 15) is 13.2 Å². The van der Waals surface area contributed by atoms with Gasteiger partial charge in [0.25, 0.3) is 10.0 Å². The molecule has 1 fully saturated rings. The Morgan fingerprint density at radius 1 is 1.13 bits per heavy atom. The smallest absolute Gasteiger partial charge is 0.285 e. The van der Waals surface area contributed by atoms with Crippen LogP contribution in [0.3, 0.4) is 0 Å². The maximum Gasteiger partial charge on any atom is 0.285 e. The van der Waals surface area contributed by atoms with Crippen molar-refractivity contribution in [2.24, 2.45) is 9.50 Å². The Morgan fingerprint density at radius 3 is 2.65 bits per heavy atom. The standard InChI is InChI=1S/C22H25N5O3S/c28-21(25-18-6-2-1-3-7-18)12-15-27(24-16-17-10-13-23-14-11-17)22-19-8-4-5-9-20(19)31(29,30)26-22/h4-5,8-11,13-14,16,18H,1-3,6-7,12,15H2,(H,25,28)/b24-16-. The van der Waals surface area contributed by atoms with Crippen molar-refractivity contribution in [3.8, 4) is 0 Å². The minimum Gasteiger partial charge on any atom is -0.353 e. The lowest BCUT2D eigenvalue weighted by atomic mass is 9.95. The summed E-state index contributed by atoms with van der Waals surface area (Å²) in [6.07, 6.45) is 10.6. The highest BCUT2D eigenvalue weighted by Crippen LogP contribution is 2.27. The van der Waals surface area contributed by atoms with Gasteiger partial charge in [-0.1, -0.05) is 31.4 Å². The molecule has 1 aliphatic carbocycles. The molecule has 2 heterocycles. The van der Waals surface area contributed by atoms with Crippen molar-refractivity contribution >= 4 is 28.0 Å². The van der Waals surface area contributed by atoms with E-state index in [0.717, 1.165) is 31.2 Å². The summed E-state index contributed by atoms with van der Waals surface area (Å²) >= 11 is 0. The van der Waals surface area contributed by atoms with Crippen LogP contribution in [0.2, 0.25) is 0 Å². The van der Waals surface area contributed by atoms with Crippen LogP contribution in [0, 0.1) is 0 Å². The SMILES string of the molecule is O=C(CCN(/N=C\c1ccncc1)C1=NS(=O)(=O)c2ccccc21)NC1CCCCC1. The van der Waals surface area contributed by atoms with E-state index >= 15 is 0 Å². The molecule has 2 aliphatic rings. The number of benzene rings is 1. The van der Waals surface area contributed by atoms with Gasteiger partial charge in [-0.25, -0.2) is 5.01 Å². The fourth-order valence-electron chi connectivity index (χ4n) is 3.83. The third kappa shape index (κ3) is 5.16. The number of carbonyl (C=O) groups is 1. The molecule has 1 aliphatic heterocycles. The molecule has 0 saturated heterocycles.